The third-order valence-electron chi connectivity index (χ3n) is 4.17. The predicted octanol–water partition coefficient (Wildman–Crippen LogP) is 4.17. The average Bonchev–Trinajstić information content (AvgIpc) is 3.04. The van der Waals surface area contributed by atoms with Crippen LogP contribution in [-0.2, 0) is 0 Å². The van der Waals surface area contributed by atoms with Crippen LogP contribution in [0.5, 0.6) is 5.75 Å². The highest BCUT2D eigenvalue weighted by Gasteiger charge is 2.16. The van der Waals surface area contributed by atoms with Crippen molar-refractivity contribution in [2.45, 2.75) is 40.0 Å². The Morgan fingerprint density at radius 2 is 1.96 bits per heavy atom. The minimum Gasteiger partial charge on any atom is -0.494 e. The van der Waals surface area contributed by atoms with Gasteiger partial charge in [0.1, 0.15) is 12.1 Å². The molecule has 0 saturated carbocycles. The highest BCUT2D eigenvalue weighted by molar-refractivity contribution is 6.06. The Kier molecular flexibility index (Phi) is 5.51. The minimum absolute atomic E-state index is 0.276. The topological polar surface area (TPSA) is 68.5 Å². The van der Waals surface area contributed by atoms with Crippen LogP contribution in [-0.4, -0.2) is 26.9 Å². The van der Waals surface area contributed by atoms with Crippen molar-refractivity contribution in [3.05, 3.63) is 53.7 Å². The molecule has 1 N–H and O–H groups in total. The summed E-state index contributed by atoms with van der Waals surface area (Å²) in [4.78, 5) is 21.3. The molecular formula is C20H24N4O2. The molecular weight excluding hydrogens is 328 g/mol. The monoisotopic (exact) mass is 352 g/mol. The van der Waals surface area contributed by atoms with Gasteiger partial charge in [0.05, 0.1) is 6.61 Å². The second kappa shape index (κ2) is 7.99. The summed E-state index contributed by atoms with van der Waals surface area (Å²) in [5, 5.41) is 2.87. The number of unbranched alkanes of at least 4 members (excludes halogenated alkanes) is 2. The molecule has 0 aliphatic carbocycles. The second-order valence-electron chi connectivity index (χ2n) is 6.36. The normalized spacial score (nSPS) is 10.9. The Bertz CT molecular complexity index is 900. The lowest BCUT2D eigenvalue weighted by Crippen LogP contribution is -2.13. The summed E-state index contributed by atoms with van der Waals surface area (Å²) in [5.74, 6) is 0.529. The average molecular weight is 352 g/mol. The van der Waals surface area contributed by atoms with Gasteiger partial charge in [-0.1, -0.05) is 19.8 Å². The Morgan fingerprint density at radius 1 is 1.19 bits per heavy atom. The first-order valence-electron chi connectivity index (χ1n) is 8.94. The van der Waals surface area contributed by atoms with Gasteiger partial charge in [0.15, 0.2) is 11.3 Å². The third-order valence-corrected chi connectivity index (χ3v) is 4.17. The highest BCUT2D eigenvalue weighted by Crippen LogP contribution is 2.18. The maximum atomic E-state index is 12.6. The Hall–Kier alpha value is -2.89. The zero-order valence-corrected chi connectivity index (χ0v) is 15.5. The molecule has 6 nitrogen and oxygen atoms in total. The Balaban J connectivity index is 1.68. The van der Waals surface area contributed by atoms with E-state index in [1.165, 1.54) is 12.8 Å². The van der Waals surface area contributed by atoms with Crippen LogP contribution in [0.15, 0.2) is 36.7 Å². The van der Waals surface area contributed by atoms with Crippen molar-refractivity contribution in [2.24, 2.45) is 0 Å². The van der Waals surface area contributed by atoms with Gasteiger partial charge in [-0.3, -0.25) is 9.20 Å². The van der Waals surface area contributed by atoms with Gasteiger partial charge in [-0.2, -0.15) is 0 Å². The molecule has 0 unspecified atom stereocenters. The summed E-state index contributed by atoms with van der Waals surface area (Å²) in [7, 11) is 0. The van der Waals surface area contributed by atoms with Crippen molar-refractivity contribution in [3.63, 3.8) is 0 Å². The van der Waals surface area contributed by atoms with Gasteiger partial charge in [-0.05, 0) is 50.6 Å². The number of ether oxygens (including phenoxy) is 1. The number of anilines is 1. The van der Waals surface area contributed by atoms with Gasteiger partial charge < -0.3 is 10.1 Å². The van der Waals surface area contributed by atoms with Crippen molar-refractivity contribution in [1.82, 2.24) is 14.4 Å². The lowest BCUT2D eigenvalue weighted by molar-refractivity contribution is 0.102. The van der Waals surface area contributed by atoms with E-state index in [4.69, 9.17) is 4.74 Å². The molecule has 0 saturated heterocycles. The number of carbonyl (C=O) groups excluding carboxylic acids is 1. The third kappa shape index (κ3) is 4.02. The molecule has 3 rings (SSSR count). The number of amides is 1. The largest absolute Gasteiger partial charge is 0.494 e. The van der Waals surface area contributed by atoms with E-state index in [1.54, 1.807) is 6.33 Å². The van der Waals surface area contributed by atoms with E-state index >= 15 is 0 Å². The molecule has 136 valence electrons. The van der Waals surface area contributed by atoms with Crippen molar-refractivity contribution in [3.8, 4) is 5.75 Å². The first-order chi connectivity index (χ1) is 12.6. The van der Waals surface area contributed by atoms with Crippen molar-refractivity contribution >= 4 is 17.2 Å². The van der Waals surface area contributed by atoms with E-state index < -0.39 is 0 Å². The Morgan fingerprint density at radius 3 is 2.69 bits per heavy atom. The molecule has 0 atom stereocenters. The van der Waals surface area contributed by atoms with Gasteiger partial charge in [0, 0.05) is 17.1 Å². The zero-order valence-electron chi connectivity index (χ0n) is 15.5. The summed E-state index contributed by atoms with van der Waals surface area (Å²) in [6.45, 7) is 6.74. The van der Waals surface area contributed by atoms with Crippen molar-refractivity contribution in [1.29, 1.82) is 0 Å². The molecule has 0 bridgehead atoms. The number of nitrogens with zero attached hydrogens (tertiary/aromatic N) is 3. The SMILES string of the molecule is CCCCCOc1ccc(NC(=O)c2ncn3c(C)cc(C)nc23)cc1. The number of aromatic nitrogens is 3. The molecule has 0 radical (unpaired) electrons. The number of nitrogens with one attached hydrogen (secondary N) is 1. The fraction of sp³-hybridized carbons (Fsp3) is 0.350. The molecule has 3 aromatic rings. The summed E-state index contributed by atoms with van der Waals surface area (Å²) in [5.41, 5.74) is 3.42. The molecule has 6 heteroatoms. The summed E-state index contributed by atoms with van der Waals surface area (Å²) in [6, 6.07) is 9.33. The fourth-order valence-electron chi connectivity index (χ4n) is 2.81. The van der Waals surface area contributed by atoms with Crippen LogP contribution in [0.25, 0.3) is 5.65 Å². The predicted molar refractivity (Wildman–Crippen MR) is 102 cm³/mol. The number of benzene rings is 1. The fourth-order valence-corrected chi connectivity index (χ4v) is 2.81. The van der Waals surface area contributed by atoms with Crippen LogP contribution < -0.4 is 10.1 Å². The molecule has 2 aromatic heterocycles. The van der Waals surface area contributed by atoms with Crippen molar-refractivity contribution < 1.29 is 9.53 Å². The molecule has 0 fully saturated rings. The zero-order chi connectivity index (χ0) is 18.5. The number of hydrogen-bond acceptors (Lipinski definition) is 4. The number of carbonyl (C=O) groups is 1. The maximum absolute atomic E-state index is 12.6. The van der Waals surface area contributed by atoms with E-state index in [0.29, 0.717) is 23.6 Å². The number of hydrogen-bond donors (Lipinski definition) is 1. The number of imidazole rings is 1. The molecule has 26 heavy (non-hydrogen) atoms. The van der Waals surface area contributed by atoms with Gasteiger partial charge in [-0.25, -0.2) is 9.97 Å². The standard InChI is InChI=1S/C20H24N4O2/c1-4-5-6-11-26-17-9-7-16(8-10-17)23-20(25)18-19-22-14(2)12-15(3)24(19)13-21-18/h7-10,12-13H,4-6,11H2,1-3H3,(H,23,25). The van der Waals surface area contributed by atoms with E-state index in [-0.39, 0.29) is 5.91 Å². The van der Waals surface area contributed by atoms with Crippen LogP contribution >= 0.6 is 0 Å². The molecule has 1 amide bonds. The van der Waals surface area contributed by atoms with Crippen LogP contribution in [0.2, 0.25) is 0 Å². The van der Waals surface area contributed by atoms with E-state index in [2.05, 4.69) is 22.2 Å². The number of aryl methyl sites for hydroxylation is 2. The van der Waals surface area contributed by atoms with E-state index in [1.807, 2.05) is 48.6 Å². The lowest BCUT2D eigenvalue weighted by atomic mass is 10.2. The molecule has 0 spiro atoms. The van der Waals surface area contributed by atoms with Gasteiger partial charge in [0.25, 0.3) is 5.91 Å². The second-order valence-corrected chi connectivity index (χ2v) is 6.36. The smallest absolute Gasteiger partial charge is 0.278 e. The van der Waals surface area contributed by atoms with E-state index in [9.17, 15) is 4.79 Å². The van der Waals surface area contributed by atoms with Gasteiger partial charge in [-0.15, -0.1) is 0 Å². The van der Waals surface area contributed by atoms with Crippen molar-refractivity contribution in [2.75, 3.05) is 11.9 Å². The van der Waals surface area contributed by atoms with E-state index in [0.717, 1.165) is 23.6 Å². The first kappa shape index (κ1) is 17.9. The summed E-state index contributed by atoms with van der Waals surface area (Å²) < 4.78 is 7.50. The number of rotatable bonds is 7. The van der Waals surface area contributed by atoms with Crippen LogP contribution in [0.3, 0.4) is 0 Å². The van der Waals surface area contributed by atoms with Gasteiger partial charge >= 0.3 is 0 Å². The minimum atomic E-state index is -0.276. The maximum Gasteiger partial charge on any atom is 0.278 e. The summed E-state index contributed by atoms with van der Waals surface area (Å²) in [6.07, 6.45) is 5.01. The molecule has 2 heterocycles. The van der Waals surface area contributed by atoms with Crippen LogP contribution in [0.4, 0.5) is 5.69 Å². The molecule has 0 aliphatic heterocycles. The summed E-state index contributed by atoms with van der Waals surface area (Å²) >= 11 is 0. The lowest BCUT2D eigenvalue weighted by Gasteiger charge is -2.08. The first-order valence-corrected chi connectivity index (χ1v) is 8.94. The quantitative estimate of drug-likeness (QED) is 0.648. The molecule has 0 aliphatic rings. The van der Waals surface area contributed by atoms with Crippen LogP contribution in [0.1, 0.15) is 48.1 Å². The Labute approximate surface area is 153 Å². The number of fused-ring (bicyclic) bond motifs is 1. The highest BCUT2D eigenvalue weighted by atomic mass is 16.5. The van der Waals surface area contributed by atoms with Gasteiger partial charge in [0.2, 0.25) is 0 Å². The molecule has 1 aromatic carbocycles. The van der Waals surface area contributed by atoms with Crippen LogP contribution in [0, 0.1) is 13.8 Å².